The molecule has 1 amide bonds. The monoisotopic (exact) mass is 421 g/mol. The van der Waals surface area contributed by atoms with Gasteiger partial charge in [-0.3, -0.25) is 14.2 Å². The smallest absolute Gasteiger partial charge is 0.262 e. The molecule has 0 N–H and O–H groups in total. The number of para-hydroxylation sites is 1. The zero-order chi connectivity index (χ0) is 21.1. The van der Waals surface area contributed by atoms with Gasteiger partial charge in [0.15, 0.2) is 5.16 Å². The molecule has 2 aromatic carbocycles. The molecule has 1 aromatic heterocycles. The second-order valence-electron chi connectivity index (χ2n) is 7.91. The number of rotatable bonds is 8. The second kappa shape index (κ2) is 9.04. The summed E-state index contributed by atoms with van der Waals surface area (Å²) in [7, 11) is 0. The lowest BCUT2D eigenvalue weighted by Crippen LogP contribution is -2.33. The third-order valence-corrected chi connectivity index (χ3v) is 6.29. The maximum atomic E-state index is 13.0. The van der Waals surface area contributed by atoms with Crippen molar-refractivity contribution in [2.75, 3.05) is 12.3 Å². The van der Waals surface area contributed by atoms with Crippen LogP contribution >= 0.6 is 11.8 Å². The van der Waals surface area contributed by atoms with Crippen LogP contribution in [0.1, 0.15) is 43.4 Å². The van der Waals surface area contributed by atoms with Crippen LogP contribution in [0.25, 0.3) is 10.9 Å². The number of aromatic nitrogens is 2. The number of hydrogen-bond acceptors (Lipinski definition) is 4. The molecule has 30 heavy (non-hydrogen) atoms. The molecule has 6 heteroatoms. The van der Waals surface area contributed by atoms with Crippen molar-refractivity contribution in [2.45, 2.75) is 50.9 Å². The Kier molecular flexibility index (Phi) is 6.23. The van der Waals surface area contributed by atoms with E-state index in [1.807, 2.05) is 29.2 Å². The second-order valence-corrected chi connectivity index (χ2v) is 8.85. The van der Waals surface area contributed by atoms with Gasteiger partial charge in [-0.25, -0.2) is 4.98 Å². The quantitative estimate of drug-likeness (QED) is 0.395. The number of carbonyl (C=O) groups is 1. The molecule has 0 atom stereocenters. The first kappa shape index (κ1) is 20.7. The Balaban J connectivity index is 1.53. The molecule has 156 valence electrons. The van der Waals surface area contributed by atoms with Gasteiger partial charge in [-0.1, -0.05) is 60.6 Å². The highest BCUT2D eigenvalue weighted by Gasteiger charge is 2.29. The van der Waals surface area contributed by atoms with Gasteiger partial charge in [-0.15, -0.1) is 0 Å². The standard InChI is InChI=1S/C24H27N3O2S/c1-3-14-26(15-18-10-8-17(2)9-11-18)22(28)16-30-24-25-21-7-5-4-6-20(21)23(29)27(24)19-12-13-19/h4-11,19H,3,12-16H2,1-2H3. The van der Waals surface area contributed by atoms with Gasteiger partial charge < -0.3 is 4.90 Å². The molecule has 3 aromatic rings. The molecule has 0 unspecified atom stereocenters. The molecule has 0 radical (unpaired) electrons. The largest absolute Gasteiger partial charge is 0.338 e. The molecule has 1 fully saturated rings. The SMILES string of the molecule is CCCN(Cc1ccc(C)cc1)C(=O)CSc1nc2ccccc2c(=O)n1C1CC1. The number of fused-ring (bicyclic) bond motifs is 1. The fraction of sp³-hybridized carbons (Fsp3) is 0.375. The maximum Gasteiger partial charge on any atom is 0.262 e. The summed E-state index contributed by atoms with van der Waals surface area (Å²) >= 11 is 1.38. The number of hydrogen-bond donors (Lipinski definition) is 0. The van der Waals surface area contributed by atoms with Crippen LogP contribution in [0.3, 0.4) is 0 Å². The summed E-state index contributed by atoms with van der Waals surface area (Å²) in [5.74, 6) is 0.357. The highest BCUT2D eigenvalue weighted by Crippen LogP contribution is 2.36. The van der Waals surface area contributed by atoms with Gasteiger partial charge in [-0.05, 0) is 43.9 Å². The molecule has 1 saturated carbocycles. The number of aryl methyl sites for hydroxylation is 1. The first-order chi connectivity index (χ1) is 14.6. The number of nitrogens with zero attached hydrogens (tertiary/aromatic N) is 3. The summed E-state index contributed by atoms with van der Waals surface area (Å²) in [6.07, 6.45) is 2.90. The Hall–Kier alpha value is -2.60. The van der Waals surface area contributed by atoms with Crippen molar-refractivity contribution >= 4 is 28.6 Å². The number of amides is 1. The van der Waals surface area contributed by atoms with Gasteiger partial charge in [0.05, 0.1) is 16.7 Å². The topological polar surface area (TPSA) is 55.2 Å². The van der Waals surface area contributed by atoms with E-state index in [1.54, 1.807) is 4.57 Å². The fourth-order valence-electron chi connectivity index (χ4n) is 3.58. The summed E-state index contributed by atoms with van der Waals surface area (Å²) in [6.45, 7) is 5.46. The van der Waals surface area contributed by atoms with Gasteiger partial charge in [0.1, 0.15) is 0 Å². The van der Waals surface area contributed by atoms with E-state index < -0.39 is 0 Å². The van der Waals surface area contributed by atoms with Crippen molar-refractivity contribution < 1.29 is 4.79 Å². The normalized spacial score (nSPS) is 13.5. The molecule has 4 rings (SSSR count). The molecule has 0 aliphatic heterocycles. The van der Waals surface area contributed by atoms with Crippen LogP contribution in [0.15, 0.2) is 58.5 Å². The van der Waals surface area contributed by atoms with Crippen LogP contribution in [0, 0.1) is 6.92 Å². The number of carbonyl (C=O) groups excluding carboxylic acids is 1. The van der Waals surface area contributed by atoms with E-state index >= 15 is 0 Å². The summed E-state index contributed by atoms with van der Waals surface area (Å²) in [6, 6.07) is 16.0. The van der Waals surface area contributed by atoms with Crippen molar-refractivity contribution in [3.8, 4) is 0 Å². The van der Waals surface area contributed by atoms with Gasteiger partial charge in [0.2, 0.25) is 5.91 Å². The third kappa shape index (κ3) is 4.59. The van der Waals surface area contributed by atoms with Gasteiger partial charge in [-0.2, -0.15) is 0 Å². The van der Waals surface area contributed by atoms with Crippen LogP contribution in [0.5, 0.6) is 0 Å². The van der Waals surface area contributed by atoms with E-state index in [4.69, 9.17) is 4.98 Å². The summed E-state index contributed by atoms with van der Waals surface area (Å²) in [5.41, 5.74) is 3.04. The average Bonchev–Trinajstić information content (AvgIpc) is 3.58. The number of thioether (sulfide) groups is 1. The summed E-state index contributed by atoms with van der Waals surface area (Å²) in [5, 5.41) is 1.30. The van der Waals surface area contributed by atoms with E-state index in [0.29, 0.717) is 29.1 Å². The lowest BCUT2D eigenvalue weighted by molar-refractivity contribution is -0.129. The predicted octanol–water partition coefficient (Wildman–Crippen LogP) is 4.57. The fourth-order valence-corrected chi connectivity index (χ4v) is 4.54. The molecule has 1 aliphatic rings. The molecule has 0 spiro atoms. The first-order valence-electron chi connectivity index (χ1n) is 10.5. The lowest BCUT2D eigenvalue weighted by Gasteiger charge is -2.22. The van der Waals surface area contributed by atoms with Crippen molar-refractivity contribution in [1.82, 2.24) is 14.5 Å². The minimum absolute atomic E-state index is 0.00289. The maximum absolute atomic E-state index is 13.0. The minimum Gasteiger partial charge on any atom is -0.338 e. The highest BCUT2D eigenvalue weighted by atomic mass is 32.2. The highest BCUT2D eigenvalue weighted by molar-refractivity contribution is 7.99. The van der Waals surface area contributed by atoms with Gasteiger partial charge in [0, 0.05) is 19.1 Å². The van der Waals surface area contributed by atoms with Crippen LogP contribution < -0.4 is 5.56 Å². The summed E-state index contributed by atoms with van der Waals surface area (Å²) < 4.78 is 1.80. The Morgan fingerprint density at radius 1 is 1.17 bits per heavy atom. The van der Waals surface area contributed by atoms with Crippen molar-refractivity contribution in [3.63, 3.8) is 0 Å². The summed E-state index contributed by atoms with van der Waals surface area (Å²) in [4.78, 5) is 32.6. The van der Waals surface area contributed by atoms with Crippen LogP contribution in [-0.2, 0) is 11.3 Å². The van der Waals surface area contributed by atoms with Crippen LogP contribution in [0.4, 0.5) is 0 Å². The Morgan fingerprint density at radius 2 is 1.90 bits per heavy atom. The molecular formula is C24H27N3O2S. The number of benzene rings is 2. The molecule has 0 bridgehead atoms. The Bertz CT molecular complexity index is 1100. The van der Waals surface area contributed by atoms with Gasteiger partial charge in [0.25, 0.3) is 5.56 Å². The van der Waals surface area contributed by atoms with E-state index in [9.17, 15) is 9.59 Å². The van der Waals surface area contributed by atoms with Crippen molar-refractivity contribution in [2.24, 2.45) is 0 Å². The molecule has 1 heterocycles. The van der Waals surface area contributed by atoms with Crippen LogP contribution in [0.2, 0.25) is 0 Å². The van der Waals surface area contributed by atoms with Crippen LogP contribution in [-0.4, -0.2) is 32.7 Å². The molecule has 0 saturated heterocycles. The Morgan fingerprint density at radius 3 is 2.60 bits per heavy atom. The van der Waals surface area contributed by atoms with E-state index in [0.717, 1.165) is 24.8 Å². The molecule has 1 aliphatic carbocycles. The van der Waals surface area contributed by atoms with Crippen molar-refractivity contribution in [1.29, 1.82) is 0 Å². The molecular weight excluding hydrogens is 394 g/mol. The van der Waals surface area contributed by atoms with E-state index in [2.05, 4.69) is 38.1 Å². The van der Waals surface area contributed by atoms with Gasteiger partial charge >= 0.3 is 0 Å². The first-order valence-corrected chi connectivity index (χ1v) is 11.5. The lowest BCUT2D eigenvalue weighted by atomic mass is 10.1. The van der Waals surface area contributed by atoms with E-state index in [1.165, 1.54) is 17.3 Å². The zero-order valence-electron chi connectivity index (χ0n) is 17.5. The predicted molar refractivity (Wildman–Crippen MR) is 122 cm³/mol. The van der Waals surface area contributed by atoms with Crippen molar-refractivity contribution in [3.05, 3.63) is 70.0 Å². The molecule has 5 nitrogen and oxygen atoms in total. The zero-order valence-corrected chi connectivity index (χ0v) is 18.3. The third-order valence-electron chi connectivity index (χ3n) is 5.35. The minimum atomic E-state index is 0.00289. The van der Waals surface area contributed by atoms with E-state index in [-0.39, 0.29) is 23.3 Å². The Labute approximate surface area is 181 Å². The average molecular weight is 422 g/mol.